The first-order valence-corrected chi connectivity index (χ1v) is 5.86. The number of hydrogen-bond donors (Lipinski definition) is 1. The van der Waals surface area contributed by atoms with E-state index in [-0.39, 0.29) is 18.0 Å². The number of pyridine rings is 1. The number of nitrogens with two attached hydrogens (primary N) is 1. The number of hydrogen-bond acceptors (Lipinski definition) is 3. The quantitative estimate of drug-likeness (QED) is 0.875. The standard InChI is InChI=1S/C14H13F3N2O/c1-9-4-10(7-19-6-9)8-20-13-3-2-11(5-12(13)18)14(15,16)17/h2-7H,8,18H2,1H3. The van der Waals surface area contributed by atoms with Gasteiger partial charge >= 0.3 is 6.18 Å². The monoisotopic (exact) mass is 282 g/mol. The van der Waals surface area contributed by atoms with Crippen molar-refractivity contribution in [1.29, 1.82) is 0 Å². The highest BCUT2D eigenvalue weighted by molar-refractivity contribution is 5.54. The maximum Gasteiger partial charge on any atom is 0.416 e. The molecule has 1 aromatic heterocycles. The van der Waals surface area contributed by atoms with Gasteiger partial charge in [-0.25, -0.2) is 0 Å². The molecule has 0 radical (unpaired) electrons. The number of ether oxygens (including phenoxy) is 1. The fourth-order valence-corrected chi connectivity index (χ4v) is 1.71. The number of benzene rings is 1. The smallest absolute Gasteiger partial charge is 0.416 e. The molecule has 0 atom stereocenters. The second kappa shape index (κ2) is 5.40. The lowest BCUT2D eigenvalue weighted by atomic mass is 10.2. The lowest BCUT2D eigenvalue weighted by Gasteiger charge is -2.12. The van der Waals surface area contributed by atoms with Crippen LogP contribution in [0.15, 0.2) is 36.7 Å². The molecule has 0 aliphatic rings. The summed E-state index contributed by atoms with van der Waals surface area (Å²) in [5, 5.41) is 0. The minimum absolute atomic E-state index is 0.0413. The summed E-state index contributed by atoms with van der Waals surface area (Å²) in [6.07, 6.45) is -1.07. The van der Waals surface area contributed by atoms with E-state index in [2.05, 4.69) is 4.98 Å². The zero-order valence-corrected chi connectivity index (χ0v) is 10.7. The van der Waals surface area contributed by atoms with Crippen molar-refractivity contribution in [2.45, 2.75) is 19.7 Å². The van der Waals surface area contributed by atoms with Crippen molar-refractivity contribution in [1.82, 2.24) is 4.98 Å². The zero-order valence-electron chi connectivity index (χ0n) is 10.7. The van der Waals surface area contributed by atoms with Crippen molar-refractivity contribution in [2.75, 3.05) is 5.73 Å². The van der Waals surface area contributed by atoms with Crippen LogP contribution in [0.4, 0.5) is 18.9 Å². The Morgan fingerprint density at radius 2 is 1.95 bits per heavy atom. The Morgan fingerprint density at radius 1 is 1.20 bits per heavy atom. The van der Waals surface area contributed by atoms with Gasteiger partial charge < -0.3 is 10.5 Å². The summed E-state index contributed by atoms with van der Waals surface area (Å²) in [6.45, 7) is 2.09. The molecule has 0 unspecified atom stereocenters. The van der Waals surface area contributed by atoms with E-state index < -0.39 is 11.7 Å². The van der Waals surface area contributed by atoms with Gasteiger partial charge in [-0.1, -0.05) is 0 Å². The molecule has 0 saturated heterocycles. The first-order chi connectivity index (χ1) is 9.36. The highest BCUT2D eigenvalue weighted by atomic mass is 19.4. The molecule has 1 aromatic carbocycles. The van der Waals surface area contributed by atoms with Gasteiger partial charge in [0.1, 0.15) is 12.4 Å². The molecule has 0 aliphatic carbocycles. The molecule has 20 heavy (non-hydrogen) atoms. The summed E-state index contributed by atoms with van der Waals surface area (Å²) < 4.78 is 42.9. The van der Waals surface area contributed by atoms with Gasteiger partial charge in [-0.3, -0.25) is 4.98 Å². The van der Waals surface area contributed by atoms with Gasteiger partial charge in [0.15, 0.2) is 0 Å². The van der Waals surface area contributed by atoms with Crippen LogP contribution in [-0.2, 0) is 12.8 Å². The second-order valence-electron chi connectivity index (χ2n) is 4.41. The largest absolute Gasteiger partial charge is 0.487 e. The minimum atomic E-state index is -4.41. The number of nitrogen functional groups attached to an aromatic ring is 1. The first-order valence-electron chi connectivity index (χ1n) is 5.86. The lowest BCUT2D eigenvalue weighted by Crippen LogP contribution is -2.06. The third-order valence-corrected chi connectivity index (χ3v) is 2.66. The third-order valence-electron chi connectivity index (χ3n) is 2.66. The highest BCUT2D eigenvalue weighted by Gasteiger charge is 2.30. The van der Waals surface area contributed by atoms with E-state index >= 15 is 0 Å². The van der Waals surface area contributed by atoms with E-state index in [1.165, 1.54) is 6.07 Å². The average molecular weight is 282 g/mol. The van der Waals surface area contributed by atoms with Crippen molar-refractivity contribution in [2.24, 2.45) is 0 Å². The number of aromatic nitrogens is 1. The lowest BCUT2D eigenvalue weighted by molar-refractivity contribution is -0.137. The maximum atomic E-state index is 12.5. The van der Waals surface area contributed by atoms with Gasteiger partial charge in [-0.2, -0.15) is 13.2 Å². The predicted octanol–water partition coefficient (Wildman–Crippen LogP) is 3.57. The Kier molecular flexibility index (Phi) is 3.83. The Bertz CT molecular complexity index is 612. The Morgan fingerprint density at radius 3 is 2.55 bits per heavy atom. The van der Waals surface area contributed by atoms with Gasteiger partial charge in [-0.15, -0.1) is 0 Å². The van der Waals surface area contributed by atoms with Crippen molar-refractivity contribution >= 4 is 5.69 Å². The molecule has 2 aromatic rings. The molecule has 0 saturated carbocycles. The number of halogens is 3. The van der Waals surface area contributed by atoms with E-state index in [0.29, 0.717) is 0 Å². The molecule has 2 N–H and O–H groups in total. The molecule has 0 fully saturated rings. The summed E-state index contributed by atoms with van der Waals surface area (Å²) in [6, 6.07) is 4.92. The van der Waals surface area contributed by atoms with Crippen molar-refractivity contribution in [3.63, 3.8) is 0 Å². The molecule has 1 heterocycles. The van der Waals surface area contributed by atoms with Gasteiger partial charge in [0, 0.05) is 18.0 Å². The maximum absolute atomic E-state index is 12.5. The number of nitrogens with zero attached hydrogens (tertiary/aromatic N) is 1. The van der Waals surface area contributed by atoms with Crippen molar-refractivity contribution < 1.29 is 17.9 Å². The second-order valence-corrected chi connectivity index (χ2v) is 4.41. The summed E-state index contributed by atoms with van der Waals surface area (Å²) >= 11 is 0. The molecule has 2 rings (SSSR count). The summed E-state index contributed by atoms with van der Waals surface area (Å²) in [4.78, 5) is 4.01. The Balaban J connectivity index is 2.11. The molecule has 3 nitrogen and oxygen atoms in total. The number of anilines is 1. The van der Waals surface area contributed by atoms with Crippen molar-refractivity contribution in [3.05, 3.63) is 53.3 Å². The van der Waals surface area contributed by atoms with Crippen LogP contribution in [0, 0.1) is 6.92 Å². The third kappa shape index (κ3) is 3.40. The SMILES string of the molecule is Cc1cncc(COc2ccc(C(F)(F)F)cc2N)c1. The van der Waals surface area contributed by atoms with Crippen LogP contribution in [0.2, 0.25) is 0 Å². The fourth-order valence-electron chi connectivity index (χ4n) is 1.71. The van der Waals surface area contributed by atoms with Gasteiger partial charge in [0.05, 0.1) is 11.3 Å². The highest BCUT2D eigenvalue weighted by Crippen LogP contribution is 2.33. The van der Waals surface area contributed by atoms with Gasteiger partial charge in [0.25, 0.3) is 0 Å². The average Bonchev–Trinajstić information content (AvgIpc) is 2.36. The number of alkyl halides is 3. The van der Waals surface area contributed by atoms with Crippen LogP contribution in [0.25, 0.3) is 0 Å². The van der Waals surface area contributed by atoms with E-state index in [1.807, 2.05) is 13.0 Å². The molecular formula is C14H13F3N2O. The minimum Gasteiger partial charge on any atom is -0.487 e. The molecule has 0 aliphatic heterocycles. The Labute approximate surface area is 114 Å². The molecule has 0 amide bonds. The van der Waals surface area contributed by atoms with E-state index in [0.717, 1.165) is 23.3 Å². The molecule has 106 valence electrons. The van der Waals surface area contributed by atoms with Crippen LogP contribution in [0.1, 0.15) is 16.7 Å². The van der Waals surface area contributed by atoms with Gasteiger partial charge in [-0.05, 0) is 36.8 Å². The summed E-state index contributed by atoms with van der Waals surface area (Å²) in [5.74, 6) is 0.222. The number of aryl methyl sites for hydroxylation is 1. The molecular weight excluding hydrogens is 269 g/mol. The topological polar surface area (TPSA) is 48.1 Å². The van der Waals surface area contributed by atoms with Crippen molar-refractivity contribution in [3.8, 4) is 5.75 Å². The Hall–Kier alpha value is -2.24. The van der Waals surface area contributed by atoms with Crippen LogP contribution < -0.4 is 10.5 Å². The van der Waals surface area contributed by atoms with Gasteiger partial charge in [0.2, 0.25) is 0 Å². The van der Waals surface area contributed by atoms with E-state index in [4.69, 9.17) is 10.5 Å². The van der Waals surface area contributed by atoms with Crippen LogP contribution >= 0.6 is 0 Å². The van der Waals surface area contributed by atoms with E-state index in [9.17, 15) is 13.2 Å². The fraction of sp³-hybridized carbons (Fsp3) is 0.214. The van der Waals surface area contributed by atoms with Crippen LogP contribution in [0.5, 0.6) is 5.75 Å². The van der Waals surface area contributed by atoms with Crippen LogP contribution in [-0.4, -0.2) is 4.98 Å². The zero-order chi connectivity index (χ0) is 14.8. The number of rotatable bonds is 3. The first kappa shape index (κ1) is 14.2. The predicted molar refractivity (Wildman–Crippen MR) is 69.2 cm³/mol. The van der Waals surface area contributed by atoms with Crippen LogP contribution in [0.3, 0.4) is 0 Å². The molecule has 6 heteroatoms. The summed E-state index contributed by atoms with van der Waals surface area (Å²) in [7, 11) is 0. The molecule has 0 bridgehead atoms. The molecule has 0 spiro atoms. The summed E-state index contributed by atoms with van der Waals surface area (Å²) in [5.41, 5.74) is 6.54. The van der Waals surface area contributed by atoms with E-state index in [1.54, 1.807) is 12.4 Å². The normalized spacial score (nSPS) is 11.4.